The molecule has 0 aromatic rings. The SMILES string of the molecule is CC(C)(C)OC(=O)NCC1=CNNN1. The summed E-state index contributed by atoms with van der Waals surface area (Å²) in [4.78, 5) is 11.2. The van der Waals surface area contributed by atoms with Gasteiger partial charge in [0.2, 0.25) is 0 Å². The number of carbonyl (C=O) groups excluding carboxylic acids is 1. The molecule has 0 aromatic carbocycles. The second-order valence-electron chi connectivity index (χ2n) is 3.92. The zero-order valence-electron chi connectivity index (χ0n) is 8.60. The number of rotatable bonds is 2. The fraction of sp³-hybridized carbons (Fsp3) is 0.625. The molecule has 0 aliphatic carbocycles. The highest BCUT2D eigenvalue weighted by atomic mass is 16.6. The van der Waals surface area contributed by atoms with Gasteiger partial charge in [-0.3, -0.25) is 0 Å². The van der Waals surface area contributed by atoms with Gasteiger partial charge >= 0.3 is 6.09 Å². The highest BCUT2D eigenvalue weighted by molar-refractivity contribution is 5.67. The van der Waals surface area contributed by atoms with Crippen molar-refractivity contribution in [3.63, 3.8) is 0 Å². The first-order valence-corrected chi connectivity index (χ1v) is 4.40. The highest BCUT2D eigenvalue weighted by Gasteiger charge is 2.16. The Morgan fingerprint density at radius 3 is 2.79 bits per heavy atom. The van der Waals surface area contributed by atoms with Crippen LogP contribution in [0.15, 0.2) is 11.9 Å². The lowest BCUT2D eigenvalue weighted by Crippen LogP contribution is -2.37. The Balaban J connectivity index is 2.21. The summed E-state index contributed by atoms with van der Waals surface area (Å²) in [7, 11) is 0. The van der Waals surface area contributed by atoms with Crippen LogP contribution in [-0.4, -0.2) is 18.2 Å². The molecule has 6 heteroatoms. The fourth-order valence-electron chi connectivity index (χ4n) is 0.852. The van der Waals surface area contributed by atoms with Crippen LogP contribution in [0.5, 0.6) is 0 Å². The van der Waals surface area contributed by atoms with Gasteiger partial charge in [-0.1, -0.05) is 0 Å². The van der Waals surface area contributed by atoms with Gasteiger partial charge in [-0.2, -0.15) is 5.53 Å². The summed E-state index contributed by atoms with van der Waals surface area (Å²) in [6, 6.07) is 0. The van der Waals surface area contributed by atoms with E-state index in [2.05, 4.69) is 21.7 Å². The Bertz CT molecular complexity index is 244. The maximum absolute atomic E-state index is 11.2. The standard InChI is InChI=1S/C8H16N4O2/c1-8(2,3)14-7(13)9-4-6-5-10-12-11-6/h5,10-12H,4H2,1-3H3,(H,9,13). The molecule has 1 heterocycles. The number of hydrogen-bond donors (Lipinski definition) is 4. The molecule has 0 atom stereocenters. The molecule has 0 aromatic heterocycles. The molecule has 0 radical (unpaired) electrons. The van der Waals surface area contributed by atoms with Crippen LogP contribution in [0.3, 0.4) is 0 Å². The molecule has 0 saturated carbocycles. The number of alkyl carbamates (subject to hydrolysis) is 1. The van der Waals surface area contributed by atoms with Gasteiger partial charge in [-0.05, 0) is 20.8 Å². The third kappa shape index (κ3) is 3.99. The molecule has 1 amide bonds. The molecule has 14 heavy (non-hydrogen) atoms. The van der Waals surface area contributed by atoms with Crippen molar-refractivity contribution in [2.45, 2.75) is 26.4 Å². The van der Waals surface area contributed by atoms with E-state index in [4.69, 9.17) is 4.74 Å². The lowest BCUT2D eigenvalue weighted by atomic mass is 10.2. The molecule has 0 spiro atoms. The van der Waals surface area contributed by atoms with E-state index in [0.29, 0.717) is 6.54 Å². The molecule has 1 aliphatic rings. The molecule has 0 unspecified atom stereocenters. The predicted molar refractivity (Wildman–Crippen MR) is 51.7 cm³/mol. The van der Waals surface area contributed by atoms with Gasteiger partial charge in [-0.15, -0.1) is 0 Å². The van der Waals surface area contributed by atoms with E-state index in [9.17, 15) is 4.79 Å². The van der Waals surface area contributed by atoms with Gasteiger partial charge in [0.15, 0.2) is 0 Å². The highest BCUT2D eigenvalue weighted by Crippen LogP contribution is 2.06. The molecule has 0 saturated heterocycles. The first kappa shape index (κ1) is 10.6. The topological polar surface area (TPSA) is 74.4 Å². The Hall–Kier alpha value is -1.43. The van der Waals surface area contributed by atoms with Crippen LogP contribution in [-0.2, 0) is 4.74 Å². The molecular formula is C8H16N4O2. The van der Waals surface area contributed by atoms with Crippen molar-refractivity contribution in [1.82, 2.24) is 21.7 Å². The molecule has 4 N–H and O–H groups in total. The van der Waals surface area contributed by atoms with E-state index in [1.165, 1.54) is 0 Å². The minimum atomic E-state index is -0.460. The van der Waals surface area contributed by atoms with Crippen LogP contribution < -0.4 is 21.7 Å². The second-order valence-corrected chi connectivity index (χ2v) is 3.92. The normalized spacial score (nSPS) is 15.2. The van der Waals surface area contributed by atoms with Crippen molar-refractivity contribution in [2.24, 2.45) is 0 Å². The Labute approximate surface area is 83.0 Å². The zero-order chi connectivity index (χ0) is 10.6. The third-order valence-corrected chi connectivity index (χ3v) is 1.36. The largest absolute Gasteiger partial charge is 0.444 e. The van der Waals surface area contributed by atoms with Crippen LogP contribution in [0.1, 0.15) is 20.8 Å². The number of carbonyl (C=O) groups is 1. The quantitative estimate of drug-likeness (QED) is 0.503. The Morgan fingerprint density at radius 2 is 2.29 bits per heavy atom. The maximum atomic E-state index is 11.2. The molecule has 0 bridgehead atoms. The average Bonchev–Trinajstić information content (AvgIpc) is 2.49. The van der Waals surface area contributed by atoms with Crippen LogP contribution in [0, 0.1) is 0 Å². The van der Waals surface area contributed by atoms with Crippen LogP contribution in [0.25, 0.3) is 0 Å². The van der Waals surface area contributed by atoms with E-state index >= 15 is 0 Å². The van der Waals surface area contributed by atoms with Gasteiger partial charge in [0.25, 0.3) is 0 Å². The van der Waals surface area contributed by atoms with Gasteiger partial charge in [0.05, 0.1) is 12.2 Å². The second kappa shape index (κ2) is 4.19. The van der Waals surface area contributed by atoms with E-state index in [0.717, 1.165) is 5.70 Å². The number of hydrogen-bond acceptors (Lipinski definition) is 5. The third-order valence-electron chi connectivity index (χ3n) is 1.36. The summed E-state index contributed by atoms with van der Waals surface area (Å²) >= 11 is 0. The number of hydrazine groups is 2. The minimum Gasteiger partial charge on any atom is -0.444 e. The lowest BCUT2D eigenvalue weighted by Gasteiger charge is -2.19. The van der Waals surface area contributed by atoms with Crippen molar-refractivity contribution < 1.29 is 9.53 Å². The van der Waals surface area contributed by atoms with Crippen LogP contribution in [0.4, 0.5) is 4.79 Å². The first-order valence-electron chi connectivity index (χ1n) is 4.40. The summed E-state index contributed by atoms with van der Waals surface area (Å²) in [5, 5.41) is 2.61. The smallest absolute Gasteiger partial charge is 0.407 e. The minimum absolute atomic E-state index is 0.398. The zero-order valence-corrected chi connectivity index (χ0v) is 8.60. The Kier molecular flexibility index (Phi) is 3.19. The van der Waals surface area contributed by atoms with Gasteiger partial charge in [0, 0.05) is 6.20 Å². The van der Waals surface area contributed by atoms with E-state index in [-0.39, 0.29) is 0 Å². The van der Waals surface area contributed by atoms with Crippen molar-refractivity contribution in [3.05, 3.63) is 11.9 Å². The summed E-state index contributed by atoms with van der Waals surface area (Å²) in [5.41, 5.74) is 8.58. The first-order chi connectivity index (χ1) is 6.47. The predicted octanol–water partition coefficient (Wildman–Crippen LogP) is -0.0351. The van der Waals surface area contributed by atoms with Crippen LogP contribution >= 0.6 is 0 Å². The maximum Gasteiger partial charge on any atom is 0.407 e. The van der Waals surface area contributed by atoms with E-state index in [1.807, 2.05) is 20.8 Å². The van der Waals surface area contributed by atoms with Gasteiger partial charge in [-0.25, -0.2) is 4.79 Å². The summed E-state index contributed by atoms with van der Waals surface area (Å²) in [6.07, 6.45) is 1.30. The summed E-state index contributed by atoms with van der Waals surface area (Å²) in [5.74, 6) is 0. The molecule has 0 fully saturated rings. The number of ether oxygens (including phenoxy) is 1. The van der Waals surface area contributed by atoms with Crippen molar-refractivity contribution >= 4 is 6.09 Å². The van der Waals surface area contributed by atoms with E-state index < -0.39 is 11.7 Å². The fourth-order valence-corrected chi connectivity index (χ4v) is 0.852. The number of amides is 1. The van der Waals surface area contributed by atoms with Gasteiger partial charge in [0.1, 0.15) is 5.60 Å². The summed E-state index contributed by atoms with van der Waals surface area (Å²) < 4.78 is 5.05. The molecular weight excluding hydrogens is 184 g/mol. The Morgan fingerprint density at radius 1 is 1.57 bits per heavy atom. The average molecular weight is 200 g/mol. The van der Waals surface area contributed by atoms with Crippen molar-refractivity contribution in [2.75, 3.05) is 6.54 Å². The lowest BCUT2D eigenvalue weighted by molar-refractivity contribution is 0.0532. The molecule has 1 aliphatic heterocycles. The summed E-state index contributed by atoms with van der Waals surface area (Å²) in [6.45, 7) is 5.86. The van der Waals surface area contributed by atoms with Crippen molar-refractivity contribution in [1.29, 1.82) is 0 Å². The van der Waals surface area contributed by atoms with Gasteiger partial charge < -0.3 is 20.9 Å². The molecule has 1 rings (SSSR count). The van der Waals surface area contributed by atoms with Crippen molar-refractivity contribution in [3.8, 4) is 0 Å². The van der Waals surface area contributed by atoms with Crippen LogP contribution in [0.2, 0.25) is 0 Å². The number of nitrogens with one attached hydrogen (secondary N) is 4. The monoisotopic (exact) mass is 200 g/mol. The molecule has 80 valence electrons. The molecule has 6 nitrogen and oxygen atoms in total. The van der Waals surface area contributed by atoms with E-state index in [1.54, 1.807) is 6.20 Å².